The number of nitrogens with zero attached hydrogens (tertiary/aromatic N) is 3. The van der Waals surface area contributed by atoms with Gasteiger partial charge in [0.1, 0.15) is 5.75 Å². The first kappa shape index (κ1) is 22.5. The first-order valence-electron chi connectivity index (χ1n) is 9.77. The Balaban J connectivity index is 1.90. The molecule has 7 nitrogen and oxygen atoms in total. The van der Waals surface area contributed by atoms with Gasteiger partial charge in [0.05, 0.1) is 10.6 Å². The normalized spacial score (nSPS) is 18.9. The topological polar surface area (TPSA) is 111 Å². The zero-order chi connectivity index (χ0) is 22.3. The molecule has 0 atom stereocenters. The Labute approximate surface area is 186 Å². The van der Waals surface area contributed by atoms with E-state index in [0.29, 0.717) is 32.8 Å². The zero-order valence-electron chi connectivity index (χ0n) is 18.0. The molecular formula is C21H29ClN6OS. The molecular weight excluding hydrogens is 420 g/mol. The Hall–Kier alpha value is -2.16. The van der Waals surface area contributed by atoms with E-state index in [1.165, 1.54) is 23.6 Å². The molecule has 1 aromatic heterocycles. The fourth-order valence-corrected chi connectivity index (χ4v) is 5.66. The lowest BCUT2D eigenvalue weighted by Gasteiger charge is -2.48. The van der Waals surface area contributed by atoms with Crippen molar-refractivity contribution >= 4 is 39.9 Å². The summed E-state index contributed by atoms with van der Waals surface area (Å²) >= 11 is 7.85. The van der Waals surface area contributed by atoms with Gasteiger partial charge in [0.15, 0.2) is 5.01 Å². The third kappa shape index (κ3) is 4.61. The van der Waals surface area contributed by atoms with Crippen molar-refractivity contribution in [3.63, 3.8) is 0 Å². The molecule has 1 saturated heterocycles. The number of benzene rings is 1. The molecule has 0 unspecified atom stereocenters. The van der Waals surface area contributed by atoms with Gasteiger partial charge in [0.25, 0.3) is 0 Å². The molecule has 2 aromatic rings. The van der Waals surface area contributed by atoms with E-state index in [1.54, 1.807) is 6.07 Å². The number of anilines is 1. The van der Waals surface area contributed by atoms with Gasteiger partial charge in [-0.3, -0.25) is 0 Å². The number of rotatable bonds is 5. The Kier molecular flexibility index (Phi) is 6.13. The second-order valence-corrected chi connectivity index (χ2v) is 10.4. The van der Waals surface area contributed by atoms with Gasteiger partial charge < -0.3 is 26.5 Å². The molecule has 9 heteroatoms. The third-order valence-corrected chi connectivity index (χ3v) is 6.71. The van der Waals surface area contributed by atoms with Crippen molar-refractivity contribution in [1.82, 2.24) is 15.5 Å². The number of hydrogen-bond acceptors (Lipinski definition) is 8. The highest BCUT2D eigenvalue weighted by atomic mass is 35.5. The molecule has 0 saturated carbocycles. The lowest BCUT2D eigenvalue weighted by Crippen LogP contribution is -2.61. The molecule has 3 rings (SSSR count). The van der Waals surface area contributed by atoms with Crippen LogP contribution >= 0.6 is 22.9 Å². The zero-order valence-corrected chi connectivity index (χ0v) is 19.5. The van der Waals surface area contributed by atoms with Crippen LogP contribution in [0.25, 0.3) is 16.1 Å². The smallest absolute Gasteiger partial charge is 0.208 e. The van der Waals surface area contributed by atoms with E-state index < -0.39 is 0 Å². The van der Waals surface area contributed by atoms with Gasteiger partial charge in [-0.1, -0.05) is 22.9 Å². The lowest BCUT2D eigenvalue weighted by molar-refractivity contribution is 0.161. The molecule has 0 amide bonds. The first-order chi connectivity index (χ1) is 14.0. The number of nitrogens with one attached hydrogen (secondary N) is 2. The maximum Gasteiger partial charge on any atom is 0.208 e. The fraction of sp³-hybridized carbons (Fsp3) is 0.476. The number of aromatic hydroxyl groups is 1. The summed E-state index contributed by atoms with van der Waals surface area (Å²) in [4.78, 5) is 2.18. The molecule has 0 aliphatic carbocycles. The minimum atomic E-state index is -0.0202. The van der Waals surface area contributed by atoms with E-state index in [1.807, 2.05) is 7.05 Å². The third-order valence-electron chi connectivity index (χ3n) is 5.38. The Morgan fingerprint density at radius 2 is 1.93 bits per heavy atom. The fourth-order valence-electron chi connectivity index (χ4n) is 4.36. The SMILES string of the molecule is CN(c1nnc(-c2c(O)cc(/C(C=N)=C/N)cc2Cl)s1)C1CC(C)(C)NC(C)(C)C1. The highest BCUT2D eigenvalue weighted by molar-refractivity contribution is 7.18. The van der Waals surface area contributed by atoms with E-state index in [2.05, 4.69) is 48.1 Å². The monoisotopic (exact) mass is 448 g/mol. The molecule has 5 N–H and O–H groups in total. The molecule has 0 bridgehead atoms. The van der Waals surface area contributed by atoms with Crippen LogP contribution in [0.2, 0.25) is 5.02 Å². The number of halogens is 1. The average molecular weight is 449 g/mol. The molecule has 1 aliphatic rings. The van der Waals surface area contributed by atoms with Gasteiger partial charge >= 0.3 is 0 Å². The van der Waals surface area contributed by atoms with Crippen LogP contribution in [0.15, 0.2) is 18.3 Å². The van der Waals surface area contributed by atoms with Crippen LogP contribution in [0.4, 0.5) is 5.13 Å². The molecule has 0 spiro atoms. The molecule has 30 heavy (non-hydrogen) atoms. The molecule has 0 radical (unpaired) electrons. The largest absolute Gasteiger partial charge is 0.507 e. The number of allylic oxidation sites excluding steroid dienone is 1. The highest BCUT2D eigenvalue weighted by Gasteiger charge is 2.39. The number of nitrogens with two attached hydrogens (primary N) is 1. The van der Waals surface area contributed by atoms with Crippen molar-refractivity contribution in [2.24, 2.45) is 5.73 Å². The van der Waals surface area contributed by atoms with Crippen LogP contribution in [0, 0.1) is 5.41 Å². The predicted molar refractivity (Wildman–Crippen MR) is 126 cm³/mol. The summed E-state index contributed by atoms with van der Waals surface area (Å²) in [7, 11) is 2.04. The summed E-state index contributed by atoms with van der Waals surface area (Å²) in [6.07, 6.45) is 4.39. The molecule has 2 heterocycles. The molecule has 1 aliphatic heterocycles. The van der Waals surface area contributed by atoms with Crippen LogP contribution < -0.4 is 16.0 Å². The van der Waals surface area contributed by atoms with Crippen LogP contribution in [0.5, 0.6) is 5.75 Å². The van der Waals surface area contributed by atoms with Crippen LogP contribution in [0.1, 0.15) is 46.1 Å². The maximum atomic E-state index is 10.6. The van der Waals surface area contributed by atoms with E-state index in [-0.39, 0.29) is 16.8 Å². The van der Waals surface area contributed by atoms with E-state index in [4.69, 9.17) is 22.7 Å². The summed E-state index contributed by atoms with van der Waals surface area (Å²) < 4.78 is 0. The Bertz CT molecular complexity index is 945. The van der Waals surface area contributed by atoms with Gasteiger partial charge in [-0.05, 0) is 58.2 Å². The summed E-state index contributed by atoms with van der Waals surface area (Å²) in [5.74, 6) is -0.0202. The van der Waals surface area contributed by atoms with Gasteiger partial charge in [-0.15, -0.1) is 10.2 Å². The Morgan fingerprint density at radius 1 is 1.30 bits per heavy atom. The standard InChI is InChI=1S/C21H29ClN6OS/c1-20(2)8-14(9-21(3,4)27-20)28(5)19-26-25-18(30-19)17-15(22)6-12(7-16(17)29)13(10-23)11-24/h6-7,10-11,14,23,27,29H,8-9,24H2,1-5H3/b13-11+,23-10?. The maximum absolute atomic E-state index is 10.6. The van der Waals surface area contributed by atoms with Crippen molar-refractivity contribution in [2.75, 3.05) is 11.9 Å². The highest BCUT2D eigenvalue weighted by Crippen LogP contribution is 2.42. The van der Waals surface area contributed by atoms with Gasteiger partial charge in [-0.25, -0.2) is 0 Å². The molecule has 162 valence electrons. The lowest BCUT2D eigenvalue weighted by atomic mass is 9.79. The number of aromatic nitrogens is 2. The van der Waals surface area contributed by atoms with Crippen LogP contribution in [-0.2, 0) is 0 Å². The first-order valence-corrected chi connectivity index (χ1v) is 11.0. The quantitative estimate of drug-likeness (QED) is 0.508. The summed E-state index contributed by atoms with van der Waals surface area (Å²) in [6, 6.07) is 3.52. The summed E-state index contributed by atoms with van der Waals surface area (Å²) in [5, 5.41) is 32.0. The number of piperidine rings is 1. The second kappa shape index (κ2) is 8.17. The van der Waals surface area contributed by atoms with E-state index in [9.17, 15) is 5.11 Å². The molecule has 1 fully saturated rings. The minimum absolute atomic E-state index is 0.0202. The van der Waals surface area contributed by atoms with Crippen molar-refractivity contribution in [1.29, 1.82) is 5.41 Å². The van der Waals surface area contributed by atoms with Gasteiger partial charge in [-0.2, -0.15) is 0 Å². The second-order valence-electron chi connectivity index (χ2n) is 9.07. The van der Waals surface area contributed by atoms with Crippen LogP contribution in [-0.4, -0.2) is 45.7 Å². The van der Waals surface area contributed by atoms with Crippen molar-refractivity contribution in [3.8, 4) is 16.3 Å². The number of hydrogen-bond donors (Lipinski definition) is 4. The van der Waals surface area contributed by atoms with Crippen molar-refractivity contribution < 1.29 is 5.11 Å². The predicted octanol–water partition coefficient (Wildman–Crippen LogP) is 4.26. The summed E-state index contributed by atoms with van der Waals surface area (Å²) in [6.45, 7) is 8.88. The van der Waals surface area contributed by atoms with Crippen LogP contribution in [0.3, 0.4) is 0 Å². The van der Waals surface area contributed by atoms with Crippen molar-refractivity contribution in [2.45, 2.75) is 57.7 Å². The van der Waals surface area contributed by atoms with E-state index >= 15 is 0 Å². The van der Waals surface area contributed by atoms with Gasteiger partial charge in [0.2, 0.25) is 5.13 Å². The van der Waals surface area contributed by atoms with Gasteiger partial charge in [0, 0.05) is 42.2 Å². The molecule has 1 aromatic carbocycles. The number of phenolic OH excluding ortho intramolecular Hbond substituents is 1. The van der Waals surface area contributed by atoms with E-state index in [0.717, 1.165) is 24.2 Å². The Morgan fingerprint density at radius 3 is 2.47 bits per heavy atom. The average Bonchev–Trinajstić information content (AvgIpc) is 3.08. The number of phenols is 1. The summed E-state index contributed by atoms with van der Waals surface area (Å²) in [5.41, 5.74) is 7.06. The minimum Gasteiger partial charge on any atom is -0.507 e. The van der Waals surface area contributed by atoms with Crippen molar-refractivity contribution in [3.05, 3.63) is 28.9 Å².